The molecular formula is C17H23Br. The summed E-state index contributed by atoms with van der Waals surface area (Å²) in [6, 6.07) is 7.20. The van der Waals surface area contributed by atoms with E-state index in [1.165, 1.54) is 57.8 Å². The van der Waals surface area contributed by atoms with E-state index in [1.54, 1.807) is 16.7 Å². The average Bonchev–Trinajstić information content (AvgIpc) is 3.05. The van der Waals surface area contributed by atoms with Crippen molar-refractivity contribution in [1.82, 2.24) is 0 Å². The van der Waals surface area contributed by atoms with Crippen LogP contribution in [0.25, 0.3) is 0 Å². The summed E-state index contributed by atoms with van der Waals surface area (Å²) < 4.78 is 0. The van der Waals surface area contributed by atoms with Crippen molar-refractivity contribution in [3.8, 4) is 0 Å². The van der Waals surface area contributed by atoms with Crippen molar-refractivity contribution in [3.05, 3.63) is 34.9 Å². The van der Waals surface area contributed by atoms with Gasteiger partial charge >= 0.3 is 0 Å². The molecule has 1 unspecified atom stereocenters. The molecule has 1 fully saturated rings. The molecule has 0 aliphatic heterocycles. The summed E-state index contributed by atoms with van der Waals surface area (Å²) in [7, 11) is 0. The molecule has 3 rings (SSSR count). The highest BCUT2D eigenvalue weighted by Gasteiger charge is 2.22. The summed E-state index contributed by atoms with van der Waals surface area (Å²) in [5.41, 5.74) is 4.78. The second kappa shape index (κ2) is 5.77. The monoisotopic (exact) mass is 306 g/mol. The van der Waals surface area contributed by atoms with Gasteiger partial charge < -0.3 is 0 Å². The number of benzene rings is 1. The Morgan fingerprint density at radius 3 is 2.67 bits per heavy atom. The molecule has 1 atom stereocenters. The van der Waals surface area contributed by atoms with Crippen LogP contribution in [0.5, 0.6) is 0 Å². The molecular weight excluding hydrogens is 284 g/mol. The largest absolute Gasteiger partial charge is 0.0888 e. The van der Waals surface area contributed by atoms with E-state index in [2.05, 4.69) is 34.1 Å². The van der Waals surface area contributed by atoms with Gasteiger partial charge in [-0.15, -0.1) is 0 Å². The van der Waals surface area contributed by atoms with Gasteiger partial charge in [0, 0.05) is 4.83 Å². The molecule has 0 aromatic heterocycles. The molecule has 1 heteroatoms. The van der Waals surface area contributed by atoms with Crippen molar-refractivity contribution in [1.29, 1.82) is 0 Å². The van der Waals surface area contributed by atoms with Crippen LogP contribution in [0.15, 0.2) is 18.2 Å². The zero-order chi connectivity index (χ0) is 12.4. The summed E-state index contributed by atoms with van der Waals surface area (Å²) >= 11 is 3.92. The van der Waals surface area contributed by atoms with Crippen LogP contribution in [0.4, 0.5) is 0 Å². The number of hydrogen-bond donors (Lipinski definition) is 0. The lowest BCUT2D eigenvalue weighted by Gasteiger charge is -2.17. The lowest BCUT2D eigenvalue weighted by atomic mass is 9.97. The number of fused-ring (bicyclic) bond motifs is 1. The number of hydrogen-bond acceptors (Lipinski definition) is 0. The third kappa shape index (κ3) is 2.82. The Morgan fingerprint density at radius 1 is 1.06 bits per heavy atom. The first-order valence-corrected chi connectivity index (χ1v) is 8.49. The fraction of sp³-hybridized carbons (Fsp3) is 0.647. The quantitative estimate of drug-likeness (QED) is 0.682. The number of halogens is 1. The van der Waals surface area contributed by atoms with Gasteiger partial charge in [-0.3, -0.25) is 0 Å². The summed E-state index contributed by atoms with van der Waals surface area (Å²) in [5.74, 6) is 0.944. The van der Waals surface area contributed by atoms with Gasteiger partial charge in [-0.05, 0) is 67.6 Å². The molecule has 1 aromatic rings. The summed E-state index contributed by atoms with van der Waals surface area (Å²) in [6.45, 7) is 0. The van der Waals surface area contributed by atoms with Gasteiger partial charge in [0.25, 0.3) is 0 Å². The second-order valence-electron chi connectivity index (χ2n) is 6.06. The minimum atomic E-state index is 0.744. The summed E-state index contributed by atoms with van der Waals surface area (Å²) in [6.07, 6.45) is 12.3. The minimum absolute atomic E-state index is 0.744. The fourth-order valence-electron chi connectivity index (χ4n) is 3.64. The molecule has 1 saturated carbocycles. The van der Waals surface area contributed by atoms with Crippen LogP contribution < -0.4 is 0 Å². The summed E-state index contributed by atoms with van der Waals surface area (Å²) in [5, 5.41) is 0. The summed E-state index contributed by atoms with van der Waals surface area (Å²) in [4.78, 5) is 0.744. The number of rotatable bonds is 4. The molecule has 18 heavy (non-hydrogen) atoms. The Labute approximate surface area is 119 Å². The van der Waals surface area contributed by atoms with Gasteiger partial charge in [-0.1, -0.05) is 47.0 Å². The first-order chi connectivity index (χ1) is 8.83. The molecule has 0 bridgehead atoms. The smallest absolute Gasteiger partial charge is 0.0177 e. The van der Waals surface area contributed by atoms with Crippen molar-refractivity contribution in [2.24, 2.45) is 5.92 Å². The van der Waals surface area contributed by atoms with Crippen molar-refractivity contribution >= 4 is 15.9 Å². The minimum Gasteiger partial charge on any atom is -0.0888 e. The molecule has 0 spiro atoms. The van der Waals surface area contributed by atoms with E-state index in [4.69, 9.17) is 0 Å². The predicted octanol–water partition coefficient (Wildman–Crippen LogP) is 5.06. The van der Waals surface area contributed by atoms with Crippen LogP contribution in [0.1, 0.15) is 55.2 Å². The Morgan fingerprint density at radius 2 is 1.83 bits per heavy atom. The first kappa shape index (κ1) is 12.7. The molecule has 0 heterocycles. The van der Waals surface area contributed by atoms with Crippen LogP contribution in [0, 0.1) is 5.92 Å². The van der Waals surface area contributed by atoms with Crippen molar-refractivity contribution in [2.45, 2.75) is 62.6 Å². The van der Waals surface area contributed by atoms with E-state index >= 15 is 0 Å². The van der Waals surface area contributed by atoms with Crippen LogP contribution in [0.3, 0.4) is 0 Å². The molecule has 0 radical (unpaired) electrons. The van der Waals surface area contributed by atoms with Crippen LogP contribution in [-0.4, -0.2) is 4.83 Å². The predicted molar refractivity (Wildman–Crippen MR) is 81.5 cm³/mol. The van der Waals surface area contributed by atoms with E-state index < -0.39 is 0 Å². The standard InChI is InChI=1S/C17H23Br/c18-17(15-4-1-2-5-15)11-9-13-8-10-14-6-3-7-16(14)12-13/h8,10,12,15,17H,1-7,9,11H2. The molecule has 0 saturated heterocycles. The topological polar surface area (TPSA) is 0 Å². The van der Waals surface area contributed by atoms with Crippen LogP contribution in [0.2, 0.25) is 0 Å². The van der Waals surface area contributed by atoms with Gasteiger partial charge in [-0.2, -0.15) is 0 Å². The van der Waals surface area contributed by atoms with Crippen LogP contribution >= 0.6 is 15.9 Å². The van der Waals surface area contributed by atoms with E-state index in [0.29, 0.717) is 0 Å². The lowest BCUT2D eigenvalue weighted by Crippen LogP contribution is -2.11. The zero-order valence-corrected chi connectivity index (χ0v) is 12.7. The Balaban J connectivity index is 1.56. The average molecular weight is 307 g/mol. The maximum atomic E-state index is 3.92. The third-order valence-electron chi connectivity index (χ3n) is 4.78. The Kier molecular flexibility index (Phi) is 4.08. The number of alkyl halides is 1. The molecule has 98 valence electrons. The highest BCUT2D eigenvalue weighted by atomic mass is 79.9. The van der Waals surface area contributed by atoms with Crippen LogP contribution in [-0.2, 0) is 19.3 Å². The van der Waals surface area contributed by atoms with Gasteiger partial charge in [0.1, 0.15) is 0 Å². The molecule has 0 N–H and O–H groups in total. The molecule has 0 nitrogen and oxygen atoms in total. The third-order valence-corrected chi connectivity index (χ3v) is 5.99. The van der Waals surface area contributed by atoms with E-state index in [0.717, 1.165) is 10.7 Å². The van der Waals surface area contributed by atoms with E-state index in [9.17, 15) is 0 Å². The van der Waals surface area contributed by atoms with Crippen molar-refractivity contribution < 1.29 is 0 Å². The molecule has 1 aromatic carbocycles. The second-order valence-corrected chi connectivity index (χ2v) is 7.23. The van der Waals surface area contributed by atoms with E-state index in [1.807, 2.05) is 0 Å². The van der Waals surface area contributed by atoms with Gasteiger partial charge in [0.2, 0.25) is 0 Å². The Bertz CT molecular complexity index is 404. The van der Waals surface area contributed by atoms with E-state index in [-0.39, 0.29) is 0 Å². The number of aryl methyl sites for hydroxylation is 3. The highest BCUT2D eigenvalue weighted by molar-refractivity contribution is 9.09. The zero-order valence-electron chi connectivity index (χ0n) is 11.1. The fourth-order valence-corrected chi connectivity index (χ4v) is 4.40. The highest BCUT2D eigenvalue weighted by Crippen LogP contribution is 2.33. The molecule has 0 amide bonds. The molecule has 2 aliphatic rings. The Hall–Kier alpha value is -0.300. The maximum Gasteiger partial charge on any atom is 0.0177 e. The van der Waals surface area contributed by atoms with Gasteiger partial charge in [0.15, 0.2) is 0 Å². The molecule has 2 aliphatic carbocycles. The maximum absolute atomic E-state index is 3.92. The van der Waals surface area contributed by atoms with Crippen molar-refractivity contribution in [2.75, 3.05) is 0 Å². The normalized spacial score (nSPS) is 21.2. The SMILES string of the molecule is BrC(CCc1ccc2c(c1)CCC2)C1CCCC1. The van der Waals surface area contributed by atoms with Crippen molar-refractivity contribution in [3.63, 3.8) is 0 Å². The lowest BCUT2D eigenvalue weighted by molar-refractivity contribution is 0.506. The first-order valence-electron chi connectivity index (χ1n) is 7.57. The van der Waals surface area contributed by atoms with Gasteiger partial charge in [0.05, 0.1) is 0 Å². The van der Waals surface area contributed by atoms with Gasteiger partial charge in [-0.25, -0.2) is 0 Å².